The van der Waals surface area contributed by atoms with Gasteiger partial charge in [-0.1, -0.05) is 75.2 Å². The van der Waals surface area contributed by atoms with E-state index in [9.17, 15) is 19.2 Å². The van der Waals surface area contributed by atoms with Gasteiger partial charge in [-0.25, -0.2) is 19.6 Å². The lowest BCUT2D eigenvalue weighted by Gasteiger charge is -2.50. The molecule has 74 heavy (non-hydrogen) atoms. The average molecular weight is 995 g/mol. The highest BCUT2D eigenvalue weighted by Gasteiger charge is 2.59. The molecule has 6 aromatic rings. The molecule has 14 nitrogen and oxygen atoms in total. The summed E-state index contributed by atoms with van der Waals surface area (Å²) in [7, 11) is 6.88. The predicted octanol–water partition coefficient (Wildman–Crippen LogP) is 9.35. The molecule has 4 unspecified atom stereocenters. The first-order valence-electron chi connectivity index (χ1n) is 27.6. The largest absolute Gasteiger partial charge is 0.340 e. The first-order valence-corrected chi connectivity index (χ1v) is 27.6. The van der Waals surface area contributed by atoms with Crippen molar-refractivity contribution >= 4 is 45.9 Å². The monoisotopic (exact) mass is 995 g/mol. The second-order valence-electron chi connectivity index (χ2n) is 23.7. The molecule has 6 aliphatic carbocycles. The van der Waals surface area contributed by atoms with Crippen molar-refractivity contribution in [1.29, 1.82) is 0 Å². The molecule has 6 fully saturated rings. The maximum atomic E-state index is 14.4. The van der Waals surface area contributed by atoms with E-state index < -0.39 is 12.1 Å². The molecule has 4 aliphatic heterocycles. The smallest absolute Gasteiger partial charge is 0.317 e. The summed E-state index contributed by atoms with van der Waals surface area (Å²) in [5.74, 6) is 3.42. The number of carbonyl (C=O) groups excluding carboxylic acids is 4. The summed E-state index contributed by atoms with van der Waals surface area (Å²) in [6, 6.07) is 25.7. The molecule has 4 bridgehead atoms. The van der Waals surface area contributed by atoms with Gasteiger partial charge in [-0.3, -0.25) is 9.59 Å². The van der Waals surface area contributed by atoms with Crippen molar-refractivity contribution in [2.75, 3.05) is 28.2 Å². The number of amides is 6. The molecule has 4 N–H and O–H groups in total. The van der Waals surface area contributed by atoms with Crippen molar-refractivity contribution < 1.29 is 19.2 Å². The summed E-state index contributed by atoms with van der Waals surface area (Å²) in [6.07, 6.45) is 12.0. The van der Waals surface area contributed by atoms with Gasteiger partial charge >= 0.3 is 12.1 Å². The summed E-state index contributed by atoms with van der Waals surface area (Å²) in [4.78, 5) is 79.8. The van der Waals surface area contributed by atoms with Gasteiger partial charge in [0.15, 0.2) is 0 Å². The second kappa shape index (κ2) is 18.0. The van der Waals surface area contributed by atoms with Crippen LogP contribution >= 0.6 is 0 Å². The highest BCUT2D eigenvalue weighted by molar-refractivity contribution is 5.91. The van der Waals surface area contributed by atoms with E-state index >= 15 is 0 Å². The van der Waals surface area contributed by atoms with Crippen molar-refractivity contribution in [3.05, 3.63) is 107 Å². The van der Waals surface area contributed by atoms with Crippen molar-refractivity contribution in [1.82, 2.24) is 50.2 Å². The number of H-pyrrole nitrogens is 2. The molecule has 6 amide bonds. The van der Waals surface area contributed by atoms with E-state index in [1.807, 2.05) is 0 Å². The summed E-state index contributed by atoms with van der Waals surface area (Å²) in [5.41, 5.74) is 13.7. The Bertz CT molecular complexity index is 3030. The van der Waals surface area contributed by atoms with E-state index in [2.05, 4.69) is 117 Å². The number of imidazole rings is 2. The molecule has 384 valence electrons. The minimum absolute atomic E-state index is 0.0172. The number of piperidine rings is 2. The number of nitrogens with one attached hydrogen (secondary N) is 4. The third-order valence-corrected chi connectivity index (χ3v) is 19.2. The molecule has 16 rings (SSSR count). The first-order chi connectivity index (χ1) is 35.8. The SMILES string of the molecule is CC1C2CCC[C@H]3C[C@@H](c4nc5cc(-c6cc7ccc6CCc6ccc(c(-c8ccc9[nH]c([C@@H]%10C[C@@H]%11CCCC%12C(C)[C@H](NC(=O)N(C)C)C(=O)N%10[C@@H]%12%11)nc9c8)c6)CC7)ccc5[nH]4)N(C(=O)[C@H]1NC(=O)N(C)C)[C@@H]23. The van der Waals surface area contributed by atoms with Gasteiger partial charge in [0.2, 0.25) is 11.8 Å². The third-order valence-electron chi connectivity index (χ3n) is 19.2. The Morgan fingerprint density at radius 2 is 1.00 bits per heavy atom. The topological polar surface area (TPSA) is 163 Å². The summed E-state index contributed by atoms with van der Waals surface area (Å²) in [6.45, 7) is 4.31. The number of benzene rings is 4. The standard InChI is InChI=1S/C60H70N10O4/c1-31-41-11-7-9-39-29-49(69(53(39)41)57(71)51(31)65-59(73)67(3)4)55-61-45-23-21-37(27-47(45)63-55)43-25-33-13-17-35(43)19-15-34-14-18-36(20-16-33)44(26-34)38-22-24-46-48(28-38)64-56(62-46)50-30-40-10-8-12-42-32(2)52(66-60(74)68(5)6)58(72)70(50)54(40)42/h13-14,17-18,21-28,31-32,39-42,49-54H,7-12,15-16,19-20,29-30H2,1-6H3,(H,61,63)(H,62,64)(H,65,73)(H,66,74)/t31?,32?,39-,40-,41?,42?,49-,50-,51-,52-,53+,54+/m0/s1. The molecule has 0 radical (unpaired) electrons. The molecule has 14 heteroatoms. The lowest BCUT2D eigenvalue weighted by atomic mass is 9.68. The van der Waals surface area contributed by atoms with Crippen molar-refractivity contribution in [2.24, 2.45) is 35.5 Å². The number of aryl methyl sites for hydroxylation is 4. The van der Waals surface area contributed by atoms with Crippen molar-refractivity contribution in [2.45, 2.75) is 127 Å². The summed E-state index contributed by atoms with van der Waals surface area (Å²) >= 11 is 0. The number of hydrogen-bond acceptors (Lipinski definition) is 6. The Morgan fingerprint density at radius 3 is 1.42 bits per heavy atom. The van der Waals surface area contributed by atoms with Gasteiger partial charge in [-0.2, -0.15) is 0 Å². The molecule has 2 saturated carbocycles. The number of nitrogens with zero attached hydrogens (tertiary/aromatic N) is 6. The van der Waals surface area contributed by atoms with Crippen LogP contribution < -0.4 is 10.6 Å². The molecule has 6 heterocycles. The number of carbonyl (C=O) groups is 4. The van der Waals surface area contributed by atoms with Crippen LogP contribution in [0.2, 0.25) is 0 Å². The number of aromatic nitrogens is 4. The van der Waals surface area contributed by atoms with Crippen LogP contribution in [0.5, 0.6) is 0 Å². The van der Waals surface area contributed by atoms with E-state index in [-0.39, 0.29) is 59.9 Å². The van der Waals surface area contributed by atoms with Crippen LogP contribution in [0, 0.1) is 35.5 Å². The van der Waals surface area contributed by atoms with Crippen LogP contribution in [0.25, 0.3) is 44.3 Å². The minimum Gasteiger partial charge on any atom is -0.340 e. The molecule has 10 aliphatic rings. The van der Waals surface area contributed by atoms with Gasteiger partial charge in [0.25, 0.3) is 0 Å². The number of fused-ring (bicyclic) bond motifs is 2. The van der Waals surface area contributed by atoms with Gasteiger partial charge in [0.05, 0.1) is 34.2 Å². The Hall–Kier alpha value is -6.70. The van der Waals surface area contributed by atoms with Crippen LogP contribution in [0.4, 0.5) is 9.59 Å². The molecule has 2 aromatic heterocycles. The van der Waals surface area contributed by atoms with Crippen LogP contribution in [0.3, 0.4) is 0 Å². The molecule has 12 atom stereocenters. The Kier molecular flexibility index (Phi) is 11.4. The third kappa shape index (κ3) is 7.70. The normalized spacial score (nSPS) is 30.0. The van der Waals surface area contributed by atoms with E-state index in [1.54, 1.807) is 28.2 Å². The van der Waals surface area contributed by atoms with Crippen LogP contribution in [-0.2, 0) is 35.3 Å². The molecule has 4 aromatic carbocycles. The summed E-state index contributed by atoms with van der Waals surface area (Å²) in [5, 5.41) is 6.17. The maximum Gasteiger partial charge on any atom is 0.317 e. The van der Waals surface area contributed by atoms with Crippen LogP contribution in [0.1, 0.15) is 111 Å². The molecular formula is C60H70N10O4. The first kappa shape index (κ1) is 47.0. The number of rotatable bonds is 6. The maximum absolute atomic E-state index is 14.4. The number of hydrogen-bond donors (Lipinski definition) is 4. The zero-order chi connectivity index (χ0) is 50.8. The highest BCUT2D eigenvalue weighted by Crippen LogP contribution is 2.55. The Labute approximate surface area is 433 Å². The zero-order valence-corrected chi connectivity index (χ0v) is 43.7. The zero-order valence-electron chi connectivity index (χ0n) is 43.7. The minimum atomic E-state index is -0.554. The van der Waals surface area contributed by atoms with Crippen molar-refractivity contribution in [3.8, 4) is 22.3 Å². The van der Waals surface area contributed by atoms with E-state index in [1.165, 1.54) is 43.2 Å². The average Bonchev–Trinajstić information content (AvgIpc) is 4.22. The quantitative estimate of drug-likeness (QED) is 0.130. The van der Waals surface area contributed by atoms with Crippen LogP contribution in [0.15, 0.2) is 72.8 Å². The predicted molar refractivity (Wildman–Crippen MR) is 286 cm³/mol. The summed E-state index contributed by atoms with van der Waals surface area (Å²) < 4.78 is 0. The molecule has 4 saturated heterocycles. The van der Waals surface area contributed by atoms with Crippen molar-refractivity contribution in [3.63, 3.8) is 0 Å². The second-order valence-corrected chi connectivity index (χ2v) is 23.7. The van der Waals surface area contributed by atoms with E-state index in [0.29, 0.717) is 23.7 Å². The highest BCUT2D eigenvalue weighted by atomic mass is 16.2. The van der Waals surface area contributed by atoms with Gasteiger partial charge in [-0.05, 0) is 168 Å². The Morgan fingerprint density at radius 1 is 0.568 bits per heavy atom. The van der Waals surface area contributed by atoms with Gasteiger partial charge in [-0.15, -0.1) is 0 Å². The number of aromatic amines is 2. The molecule has 0 spiro atoms. The Balaban J connectivity index is 0.756. The van der Waals surface area contributed by atoms with Gasteiger partial charge in [0, 0.05) is 40.3 Å². The van der Waals surface area contributed by atoms with Gasteiger partial charge in [0.1, 0.15) is 23.7 Å². The molecular weight excluding hydrogens is 925 g/mol. The van der Waals surface area contributed by atoms with E-state index in [4.69, 9.17) is 9.97 Å². The van der Waals surface area contributed by atoms with Crippen LogP contribution in [-0.4, -0.2) is 116 Å². The fraction of sp³-hybridized carbons (Fsp3) is 0.500. The fourth-order valence-electron chi connectivity index (χ4n) is 15.4. The lowest BCUT2D eigenvalue weighted by molar-refractivity contribution is -0.148. The van der Waals surface area contributed by atoms with E-state index in [0.717, 1.165) is 122 Å². The lowest BCUT2D eigenvalue weighted by Crippen LogP contribution is -2.64. The fourth-order valence-corrected chi connectivity index (χ4v) is 15.4. The van der Waals surface area contributed by atoms with Gasteiger partial charge < -0.3 is 40.2 Å². The number of urea groups is 2.